The van der Waals surface area contributed by atoms with Crippen molar-refractivity contribution in [3.63, 3.8) is 0 Å². The highest BCUT2D eigenvalue weighted by molar-refractivity contribution is 7.98. The van der Waals surface area contributed by atoms with E-state index in [-0.39, 0.29) is 0 Å². The van der Waals surface area contributed by atoms with Crippen molar-refractivity contribution in [2.75, 3.05) is 12.0 Å². The minimum absolute atomic E-state index is 0.483. The largest absolute Gasteiger partial charge is 0.368 e. The Balaban J connectivity index is 2.17. The molecule has 0 saturated heterocycles. The predicted octanol–water partition coefficient (Wildman–Crippen LogP) is 2.09. The minimum atomic E-state index is 0.483. The standard InChI is InChI=1S/C9H16N4S/c1-14-9-11-8(10)13(12-9)7-5-3-2-4-6-7/h7H,2-6H2,1H3,(H2,10,11,12). The van der Waals surface area contributed by atoms with Gasteiger partial charge >= 0.3 is 0 Å². The molecule has 0 amide bonds. The van der Waals surface area contributed by atoms with E-state index in [1.165, 1.54) is 32.1 Å². The van der Waals surface area contributed by atoms with Gasteiger partial charge in [0.2, 0.25) is 11.1 Å². The van der Waals surface area contributed by atoms with E-state index in [1.807, 2.05) is 10.9 Å². The van der Waals surface area contributed by atoms with Gasteiger partial charge in [0.05, 0.1) is 6.04 Å². The molecule has 1 heterocycles. The van der Waals surface area contributed by atoms with Gasteiger partial charge in [0, 0.05) is 0 Å². The number of anilines is 1. The van der Waals surface area contributed by atoms with Crippen LogP contribution in [0.2, 0.25) is 0 Å². The highest BCUT2D eigenvalue weighted by Crippen LogP contribution is 2.29. The highest BCUT2D eigenvalue weighted by atomic mass is 32.2. The third kappa shape index (κ3) is 1.87. The average molecular weight is 212 g/mol. The topological polar surface area (TPSA) is 56.7 Å². The monoisotopic (exact) mass is 212 g/mol. The van der Waals surface area contributed by atoms with Crippen molar-refractivity contribution in [2.45, 2.75) is 43.3 Å². The lowest BCUT2D eigenvalue weighted by Crippen LogP contribution is -2.16. The SMILES string of the molecule is CSc1nc(N)n(C2CCCCC2)n1. The Kier molecular flexibility index (Phi) is 2.96. The van der Waals surface area contributed by atoms with E-state index < -0.39 is 0 Å². The van der Waals surface area contributed by atoms with Gasteiger partial charge in [-0.25, -0.2) is 4.68 Å². The van der Waals surface area contributed by atoms with Gasteiger partial charge in [-0.1, -0.05) is 31.0 Å². The maximum absolute atomic E-state index is 5.82. The maximum atomic E-state index is 5.82. The fourth-order valence-electron chi connectivity index (χ4n) is 2.00. The molecular weight excluding hydrogens is 196 g/mol. The van der Waals surface area contributed by atoms with Crippen LogP contribution in [0.5, 0.6) is 0 Å². The second kappa shape index (κ2) is 4.21. The van der Waals surface area contributed by atoms with Crippen LogP contribution in [-0.4, -0.2) is 21.0 Å². The molecule has 1 aliphatic rings. The van der Waals surface area contributed by atoms with Crippen LogP contribution in [0, 0.1) is 0 Å². The van der Waals surface area contributed by atoms with Crippen molar-refractivity contribution < 1.29 is 0 Å². The fraction of sp³-hybridized carbons (Fsp3) is 0.778. The number of aromatic nitrogens is 3. The Morgan fingerprint density at radius 1 is 1.36 bits per heavy atom. The molecule has 0 aliphatic heterocycles. The van der Waals surface area contributed by atoms with Crippen molar-refractivity contribution in [3.05, 3.63) is 0 Å². The summed E-state index contributed by atoms with van der Waals surface area (Å²) < 4.78 is 1.91. The van der Waals surface area contributed by atoms with E-state index >= 15 is 0 Å². The van der Waals surface area contributed by atoms with Crippen LogP contribution in [0.25, 0.3) is 0 Å². The summed E-state index contributed by atoms with van der Waals surface area (Å²) in [7, 11) is 0. The lowest BCUT2D eigenvalue weighted by Gasteiger charge is -2.21. The molecule has 1 fully saturated rings. The summed E-state index contributed by atoms with van der Waals surface area (Å²) in [6, 6.07) is 0.483. The molecule has 1 aromatic rings. The molecular formula is C9H16N4S. The van der Waals surface area contributed by atoms with Crippen molar-refractivity contribution in [1.29, 1.82) is 0 Å². The van der Waals surface area contributed by atoms with Gasteiger partial charge in [0.15, 0.2) is 0 Å². The molecule has 1 saturated carbocycles. The van der Waals surface area contributed by atoms with E-state index in [0.717, 1.165) is 5.16 Å². The first-order chi connectivity index (χ1) is 6.81. The van der Waals surface area contributed by atoms with Crippen LogP contribution in [0.1, 0.15) is 38.1 Å². The molecule has 1 aliphatic carbocycles. The molecule has 14 heavy (non-hydrogen) atoms. The van der Waals surface area contributed by atoms with Gasteiger partial charge in [-0.3, -0.25) is 0 Å². The third-order valence-electron chi connectivity index (χ3n) is 2.74. The number of nitrogens with two attached hydrogens (primary N) is 1. The first-order valence-corrected chi connectivity index (χ1v) is 6.29. The first-order valence-electron chi connectivity index (χ1n) is 5.07. The first kappa shape index (κ1) is 9.83. The Hall–Kier alpha value is -0.710. The van der Waals surface area contributed by atoms with Gasteiger partial charge in [-0.05, 0) is 19.1 Å². The maximum Gasteiger partial charge on any atom is 0.219 e. The molecule has 0 bridgehead atoms. The quantitative estimate of drug-likeness (QED) is 0.763. The van der Waals surface area contributed by atoms with Crippen LogP contribution in [0.3, 0.4) is 0 Å². The highest BCUT2D eigenvalue weighted by Gasteiger charge is 2.19. The van der Waals surface area contributed by atoms with E-state index in [1.54, 1.807) is 11.8 Å². The lowest BCUT2D eigenvalue weighted by molar-refractivity contribution is 0.330. The second-order valence-electron chi connectivity index (χ2n) is 3.69. The molecule has 78 valence electrons. The zero-order valence-corrected chi connectivity index (χ0v) is 9.26. The summed E-state index contributed by atoms with van der Waals surface area (Å²) in [5.74, 6) is 0.571. The van der Waals surface area contributed by atoms with Crippen LogP contribution >= 0.6 is 11.8 Å². The minimum Gasteiger partial charge on any atom is -0.368 e. The number of nitrogen functional groups attached to an aromatic ring is 1. The van der Waals surface area contributed by atoms with Crippen molar-refractivity contribution >= 4 is 17.7 Å². The van der Waals surface area contributed by atoms with Crippen LogP contribution in [0.4, 0.5) is 5.95 Å². The summed E-state index contributed by atoms with van der Waals surface area (Å²) in [6.07, 6.45) is 8.29. The molecule has 0 unspecified atom stereocenters. The second-order valence-corrected chi connectivity index (χ2v) is 4.47. The summed E-state index contributed by atoms with van der Waals surface area (Å²) in [6.45, 7) is 0. The van der Waals surface area contributed by atoms with Gasteiger partial charge in [-0.2, -0.15) is 4.98 Å². The van der Waals surface area contributed by atoms with E-state index in [9.17, 15) is 0 Å². The zero-order chi connectivity index (χ0) is 9.97. The molecule has 0 atom stereocenters. The number of rotatable bonds is 2. The molecule has 5 heteroatoms. The number of hydrogen-bond acceptors (Lipinski definition) is 4. The number of nitrogens with zero attached hydrogens (tertiary/aromatic N) is 3. The van der Waals surface area contributed by atoms with Crippen molar-refractivity contribution in [1.82, 2.24) is 14.8 Å². The number of thioether (sulfide) groups is 1. The normalized spacial score (nSPS) is 18.6. The lowest BCUT2D eigenvalue weighted by atomic mass is 9.96. The van der Waals surface area contributed by atoms with Gasteiger partial charge in [-0.15, -0.1) is 5.10 Å². The van der Waals surface area contributed by atoms with Crippen LogP contribution in [0.15, 0.2) is 5.16 Å². The van der Waals surface area contributed by atoms with Gasteiger partial charge < -0.3 is 5.73 Å². The third-order valence-corrected chi connectivity index (χ3v) is 3.28. The molecule has 0 aromatic carbocycles. The van der Waals surface area contributed by atoms with Crippen LogP contribution in [-0.2, 0) is 0 Å². The van der Waals surface area contributed by atoms with E-state index in [4.69, 9.17) is 5.73 Å². The molecule has 0 radical (unpaired) electrons. The van der Waals surface area contributed by atoms with Crippen molar-refractivity contribution in [2.24, 2.45) is 0 Å². The summed E-state index contributed by atoms with van der Waals surface area (Å²) in [5.41, 5.74) is 5.82. The molecule has 0 spiro atoms. The molecule has 2 N–H and O–H groups in total. The predicted molar refractivity (Wildman–Crippen MR) is 58.3 cm³/mol. The number of hydrogen-bond donors (Lipinski definition) is 1. The smallest absolute Gasteiger partial charge is 0.219 e. The Labute approximate surface area is 88.3 Å². The summed E-state index contributed by atoms with van der Waals surface area (Å²) in [5, 5.41) is 5.18. The Bertz CT molecular complexity index is 304. The molecule has 4 nitrogen and oxygen atoms in total. The molecule has 1 aromatic heterocycles. The van der Waals surface area contributed by atoms with E-state index in [0.29, 0.717) is 12.0 Å². The van der Waals surface area contributed by atoms with E-state index in [2.05, 4.69) is 10.1 Å². The molecule has 2 rings (SSSR count). The Morgan fingerprint density at radius 2 is 2.07 bits per heavy atom. The van der Waals surface area contributed by atoms with Gasteiger partial charge in [0.25, 0.3) is 0 Å². The van der Waals surface area contributed by atoms with Crippen LogP contribution < -0.4 is 5.73 Å². The van der Waals surface area contributed by atoms with Crippen molar-refractivity contribution in [3.8, 4) is 0 Å². The zero-order valence-electron chi connectivity index (χ0n) is 8.44. The summed E-state index contributed by atoms with van der Waals surface area (Å²) >= 11 is 1.54. The summed E-state index contributed by atoms with van der Waals surface area (Å²) in [4.78, 5) is 4.20. The average Bonchev–Trinajstić information content (AvgIpc) is 2.61. The Morgan fingerprint density at radius 3 is 2.64 bits per heavy atom. The fourth-order valence-corrected chi connectivity index (χ4v) is 2.35. The van der Waals surface area contributed by atoms with Gasteiger partial charge in [0.1, 0.15) is 0 Å².